The van der Waals surface area contributed by atoms with Crippen molar-refractivity contribution < 1.29 is 27.5 Å². The second-order valence-corrected chi connectivity index (χ2v) is 10.4. The summed E-state index contributed by atoms with van der Waals surface area (Å²) in [5, 5.41) is 2.48. The number of anilines is 2. The number of carbonyl (C=O) groups excluding carboxylic acids is 2. The van der Waals surface area contributed by atoms with Gasteiger partial charge >= 0.3 is 6.18 Å². The van der Waals surface area contributed by atoms with E-state index in [1.165, 1.54) is 17.0 Å². The predicted molar refractivity (Wildman–Crippen MR) is 124 cm³/mol. The van der Waals surface area contributed by atoms with Crippen LogP contribution in [-0.2, 0) is 20.5 Å². The molecule has 1 aromatic carbocycles. The molecule has 10 heteroatoms. The third-order valence-corrected chi connectivity index (χ3v) is 6.23. The van der Waals surface area contributed by atoms with E-state index in [9.17, 15) is 22.8 Å². The number of hydrogen-bond donors (Lipinski definition) is 2. The highest BCUT2D eigenvalue weighted by Gasteiger charge is 2.37. The number of hydrogen-bond acceptors (Lipinski definition) is 5. The summed E-state index contributed by atoms with van der Waals surface area (Å²) < 4.78 is 46.8. The Kier molecular flexibility index (Phi) is 8.26. The summed E-state index contributed by atoms with van der Waals surface area (Å²) in [6, 6.07) is 2.76. The lowest BCUT2D eigenvalue weighted by atomic mass is 9.84. The average molecular weight is 485 g/mol. The van der Waals surface area contributed by atoms with Crippen LogP contribution in [0.25, 0.3) is 0 Å². The maximum absolute atomic E-state index is 13.9. The number of rotatable bonds is 8. The Morgan fingerprint density at radius 1 is 1.29 bits per heavy atom. The Labute approximate surface area is 198 Å². The van der Waals surface area contributed by atoms with E-state index < -0.39 is 29.6 Å². The highest BCUT2D eigenvalue weighted by atomic mass is 19.4. The summed E-state index contributed by atoms with van der Waals surface area (Å²) in [5.41, 5.74) is 4.62. The third-order valence-electron chi connectivity index (χ3n) is 6.23. The van der Waals surface area contributed by atoms with Crippen molar-refractivity contribution in [3.05, 3.63) is 23.8 Å². The molecular formula is C24H35F3N4O3. The molecule has 2 fully saturated rings. The van der Waals surface area contributed by atoms with Gasteiger partial charge in [-0.2, -0.15) is 13.2 Å². The third kappa shape index (κ3) is 6.70. The molecule has 1 aliphatic carbocycles. The number of nitrogens with two attached hydrogens (primary N) is 1. The number of halogens is 3. The van der Waals surface area contributed by atoms with Crippen molar-refractivity contribution in [2.24, 2.45) is 17.1 Å². The fraction of sp³-hybridized carbons (Fsp3) is 0.667. The zero-order valence-corrected chi connectivity index (χ0v) is 20.1. The minimum atomic E-state index is -4.72. The fourth-order valence-corrected chi connectivity index (χ4v) is 4.39. The number of nitrogens with one attached hydrogen (secondary N) is 1. The van der Waals surface area contributed by atoms with Gasteiger partial charge in [0.25, 0.3) is 5.91 Å². The maximum Gasteiger partial charge on any atom is 0.418 e. The summed E-state index contributed by atoms with van der Waals surface area (Å²) in [6.45, 7) is 7.69. The number of morpholine rings is 1. The molecule has 0 unspecified atom stereocenters. The number of ether oxygens (including phenoxy) is 1. The topological polar surface area (TPSA) is 87.9 Å². The highest BCUT2D eigenvalue weighted by Crippen LogP contribution is 2.38. The SMILES string of the molecule is CC(C)(C)CN(CC1CCC1)[C@H](CN)C(=O)Nc1ccc(N2CCOCC2=O)cc1C(F)(F)F. The van der Waals surface area contributed by atoms with E-state index in [0.717, 1.165) is 25.3 Å². The lowest BCUT2D eigenvalue weighted by Crippen LogP contribution is -2.53. The van der Waals surface area contributed by atoms with Crippen LogP contribution in [0.3, 0.4) is 0 Å². The summed E-state index contributed by atoms with van der Waals surface area (Å²) in [5.74, 6) is -0.500. The van der Waals surface area contributed by atoms with E-state index >= 15 is 0 Å². The standard InChI is InChI=1S/C24H35F3N4O3/c1-23(2,3)15-30(13-16-5-4-6-16)20(12-28)22(33)29-19-8-7-17(11-18(19)24(25,26)27)31-9-10-34-14-21(31)32/h7-8,11,16,20H,4-6,9-10,12-15,28H2,1-3H3,(H,29,33)/t20-/m1/s1. The first kappa shape index (κ1) is 26.4. The lowest BCUT2D eigenvalue weighted by molar-refractivity contribution is -0.137. The predicted octanol–water partition coefficient (Wildman–Crippen LogP) is 3.48. The van der Waals surface area contributed by atoms with Crippen LogP contribution in [-0.4, -0.2) is 62.1 Å². The zero-order chi connectivity index (χ0) is 25.1. The molecule has 1 heterocycles. The van der Waals surface area contributed by atoms with Crippen molar-refractivity contribution >= 4 is 23.2 Å². The van der Waals surface area contributed by atoms with Crippen molar-refractivity contribution in [3.8, 4) is 0 Å². The molecule has 1 saturated carbocycles. The van der Waals surface area contributed by atoms with E-state index in [0.29, 0.717) is 19.0 Å². The van der Waals surface area contributed by atoms with Gasteiger partial charge in [-0.3, -0.25) is 14.5 Å². The van der Waals surface area contributed by atoms with Gasteiger partial charge in [0.2, 0.25) is 5.91 Å². The Morgan fingerprint density at radius 3 is 2.53 bits per heavy atom. The fourth-order valence-electron chi connectivity index (χ4n) is 4.39. The van der Waals surface area contributed by atoms with Crippen LogP contribution in [0, 0.1) is 11.3 Å². The van der Waals surface area contributed by atoms with Gasteiger partial charge < -0.3 is 20.7 Å². The number of alkyl halides is 3. The molecule has 7 nitrogen and oxygen atoms in total. The first-order valence-electron chi connectivity index (χ1n) is 11.7. The molecule has 1 saturated heterocycles. The van der Waals surface area contributed by atoms with Gasteiger partial charge in [-0.15, -0.1) is 0 Å². The van der Waals surface area contributed by atoms with Crippen molar-refractivity contribution in [3.63, 3.8) is 0 Å². The summed E-state index contributed by atoms with van der Waals surface area (Å²) >= 11 is 0. The molecule has 0 bridgehead atoms. The average Bonchev–Trinajstić information content (AvgIpc) is 2.70. The Hall–Kier alpha value is -2.17. The molecule has 34 heavy (non-hydrogen) atoms. The first-order chi connectivity index (χ1) is 15.9. The summed E-state index contributed by atoms with van der Waals surface area (Å²) in [6.07, 6.45) is -1.40. The van der Waals surface area contributed by atoms with Crippen molar-refractivity contribution in [1.82, 2.24) is 4.90 Å². The van der Waals surface area contributed by atoms with E-state index in [2.05, 4.69) is 26.1 Å². The molecule has 1 aromatic rings. The minimum Gasteiger partial charge on any atom is -0.370 e. The number of benzene rings is 1. The van der Waals surface area contributed by atoms with Gasteiger partial charge in [0.05, 0.1) is 17.9 Å². The van der Waals surface area contributed by atoms with Crippen LogP contribution < -0.4 is 16.0 Å². The lowest BCUT2D eigenvalue weighted by Gasteiger charge is -2.39. The van der Waals surface area contributed by atoms with Gasteiger partial charge in [0, 0.05) is 31.9 Å². The number of carbonyl (C=O) groups is 2. The van der Waals surface area contributed by atoms with Gasteiger partial charge in [0.15, 0.2) is 0 Å². The van der Waals surface area contributed by atoms with Crippen LogP contribution in [0.2, 0.25) is 0 Å². The van der Waals surface area contributed by atoms with Gasteiger partial charge in [-0.1, -0.05) is 27.2 Å². The van der Waals surface area contributed by atoms with E-state index in [1.54, 1.807) is 0 Å². The van der Waals surface area contributed by atoms with Crippen LogP contribution in [0.15, 0.2) is 18.2 Å². The largest absolute Gasteiger partial charge is 0.418 e. The second-order valence-electron chi connectivity index (χ2n) is 10.4. The van der Waals surface area contributed by atoms with E-state index in [1.807, 2.05) is 4.90 Å². The van der Waals surface area contributed by atoms with Crippen molar-refractivity contribution in [2.75, 3.05) is 49.6 Å². The molecule has 2 aliphatic rings. The van der Waals surface area contributed by atoms with Gasteiger partial charge in [-0.25, -0.2) is 0 Å². The molecule has 2 amide bonds. The molecule has 1 aliphatic heterocycles. The molecule has 0 aromatic heterocycles. The molecule has 3 N–H and O–H groups in total. The maximum atomic E-state index is 13.9. The van der Waals surface area contributed by atoms with Crippen LogP contribution >= 0.6 is 0 Å². The zero-order valence-electron chi connectivity index (χ0n) is 20.1. The Balaban J connectivity index is 1.84. The van der Waals surface area contributed by atoms with Crippen LogP contribution in [0.1, 0.15) is 45.6 Å². The minimum absolute atomic E-state index is 0.00362. The second kappa shape index (κ2) is 10.6. The molecule has 0 radical (unpaired) electrons. The van der Waals surface area contributed by atoms with Gasteiger partial charge in [-0.05, 0) is 42.4 Å². The van der Waals surface area contributed by atoms with Crippen LogP contribution in [0.4, 0.5) is 24.5 Å². The van der Waals surface area contributed by atoms with Crippen LogP contribution in [0.5, 0.6) is 0 Å². The highest BCUT2D eigenvalue weighted by molar-refractivity contribution is 5.98. The molecule has 1 atom stereocenters. The normalized spacial score (nSPS) is 18.7. The van der Waals surface area contributed by atoms with Crippen molar-refractivity contribution in [2.45, 2.75) is 52.3 Å². The molecular weight excluding hydrogens is 449 g/mol. The molecule has 190 valence electrons. The van der Waals surface area contributed by atoms with E-state index in [-0.39, 0.29) is 43.1 Å². The van der Waals surface area contributed by atoms with Crippen molar-refractivity contribution in [1.29, 1.82) is 0 Å². The monoisotopic (exact) mass is 484 g/mol. The Bertz CT molecular complexity index is 881. The number of amides is 2. The van der Waals surface area contributed by atoms with Gasteiger partial charge in [0.1, 0.15) is 12.6 Å². The summed E-state index contributed by atoms with van der Waals surface area (Å²) in [7, 11) is 0. The summed E-state index contributed by atoms with van der Waals surface area (Å²) in [4.78, 5) is 28.5. The Morgan fingerprint density at radius 2 is 2.00 bits per heavy atom. The smallest absolute Gasteiger partial charge is 0.370 e. The quantitative estimate of drug-likeness (QED) is 0.590. The first-order valence-corrected chi connectivity index (χ1v) is 11.7. The van der Waals surface area contributed by atoms with E-state index in [4.69, 9.17) is 10.5 Å². The molecule has 0 spiro atoms. The molecule has 3 rings (SSSR count). The number of nitrogens with zero attached hydrogens (tertiary/aromatic N) is 2.